The van der Waals surface area contributed by atoms with Crippen LogP contribution < -0.4 is 14.8 Å². The van der Waals surface area contributed by atoms with Gasteiger partial charge in [-0.15, -0.1) is 0 Å². The van der Waals surface area contributed by atoms with Crippen molar-refractivity contribution in [1.82, 2.24) is 5.32 Å². The lowest BCUT2D eigenvalue weighted by Gasteiger charge is -2.20. The van der Waals surface area contributed by atoms with Crippen LogP contribution >= 0.6 is 0 Å². The first-order valence-electron chi connectivity index (χ1n) is 7.31. The molecule has 0 heterocycles. The Kier molecular flexibility index (Phi) is 7.61. The summed E-state index contributed by atoms with van der Waals surface area (Å²) in [7, 11) is 1.62. The minimum Gasteiger partial charge on any atom is -0.497 e. The number of hydrogen-bond donors (Lipinski definition) is 2. The largest absolute Gasteiger partial charge is 0.497 e. The van der Waals surface area contributed by atoms with Gasteiger partial charge in [-0.05, 0) is 43.1 Å². The number of hydrogen-bond acceptors (Lipinski definition) is 4. The quantitative estimate of drug-likeness (QED) is 0.649. The number of benzene rings is 1. The molecule has 0 amide bonds. The highest BCUT2D eigenvalue weighted by Crippen LogP contribution is 2.17. The van der Waals surface area contributed by atoms with Crippen LogP contribution in [0.2, 0.25) is 0 Å². The molecule has 0 aliphatic heterocycles. The van der Waals surface area contributed by atoms with Crippen molar-refractivity contribution >= 4 is 5.97 Å². The van der Waals surface area contributed by atoms with E-state index in [0.717, 1.165) is 24.3 Å². The summed E-state index contributed by atoms with van der Waals surface area (Å²) in [4.78, 5) is 11.1. The summed E-state index contributed by atoms with van der Waals surface area (Å²) in [6.45, 7) is 5.11. The fourth-order valence-corrected chi connectivity index (χ4v) is 1.96. The van der Waals surface area contributed by atoms with Gasteiger partial charge in [-0.2, -0.15) is 0 Å². The monoisotopic (exact) mass is 295 g/mol. The molecule has 1 aromatic carbocycles. The summed E-state index contributed by atoms with van der Waals surface area (Å²) in [5.41, 5.74) is 0. The van der Waals surface area contributed by atoms with Crippen molar-refractivity contribution in [1.29, 1.82) is 0 Å². The molecule has 118 valence electrons. The smallest absolute Gasteiger partial charge is 0.320 e. The van der Waals surface area contributed by atoms with Gasteiger partial charge in [-0.3, -0.25) is 4.79 Å². The third-order valence-corrected chi connectivity index (χ3v) is 3.49. The maximum atomic E-state index is 11.1. The lowest BCUT2D eigenvalue weighted by molar-refractivity contribution is -0.140. The van der Waals surface area contributed by atoms with Crippen LogP contribution in [0.25, 0.3) is 0 Å². The average Bonchev–Trinajstić information content (AvgIpc) is 2.50. The predicted molar refractivity (Wildman–Crippen MR) is 82.0 cm³/mol. The standard InChI is InChI=1S/C16H25NO4/c1-4-12(2)15(16(18)19)17-10-5-11-21-14-8-6-13(20-3)7-9-14/h6-9,12,15,17H,4-5,10-11H2,1-3H3,(H,18,19)/t12-,15-/m0/s1. The lowest BCUT2D eigenvalue weighted by Crippen LogP contribution is -2.42. The van der Waals surface area contributed by atoms with Gasteiger partial charge >= 0.3 is 5.97 Å². The lowest BCUT2D eigenvalue weighted by atomic mass is 9.99. The first-order chi connectivity index (χ1) is 10.1. The zero-order valence-electron chi connectivity index (χ0n) is 13.0. The minimum atomic E-state index is -0.791. The van der Waals surface area contributed by atoms with Gasteiger partial charge in [-0.25, -0.2) is 0 Å². The van der Waals surface area contributed by atoms with Gasteiger partial charge in [0.15, 0.2) is 0 Å². The molecular weight excluding hydrogens is 270 g/mol. The van der Waals surface area contributed by atoms with Crippen LogP contribution in [0, 0.1) is 5.92 Å². The van der Waals surface area contributed by atoms with Gasteiger partial charge in [0.2, 0.25) is 0 Å². The van der Waals surface area contributed by atoms with Gasteiger partial charge in [0.25, 0.3) is 0 Å². The molecule has 0 radical (unpaired) electrons. The molecule has 0 spiro atoms. The van der Waals surface area contributed by atoms with Crippen LogP contribution in [0.4, 0.5) is 0 Å². The van der Waals surface area contributed by atoms with Crippen LogP contribution in [0.5, 0.6) is 11.5 Å². The number of carbonyl (C=O) groups is 1. The van der Waals surface area contributed by atoms with Crippen molar-refractivity contribution < 1.29 is 19.4 Å². The molecule has 0 aliphatic rings. The first kappa shape index (κ1) is 17.3. The molecule has 2 atom stereocenters. The second-order valence-electron chi connectivity index (χ2n) is 5.03. The Hall–Kier alpha value is -1.75. The van der Waals surface area contributed by atoms with Crippen LogP contribution in [0.15, 0.2) is 24.3 Å². The molecule has 0 saturated carbocycles. The second kappa shape index (κ2) is 9.23. The number of methoxy groups -OCH3 is 1. The van der Waals surface area contributed by atoms with E-state index < -0.39 is 12.0 Å². The Bertz CT molecular complexity index is 419. The predicted octanol–water partition coefficient (Wildman–Crippen LogP) is 2.55. The molecule has 0 bridgehead atoms. The maximum absolute atomic E-state index is 11.1. The number of nitrogens with one attached hydrogen (secondary N) is 1. The fraction of sp³-hybridized carbons (Fsp3) is 0.562. The topological polar surface area (TPSA) is 67.8 Å². The first-order valence-corrected chi connectivity index (χ1v) is 7.31. The molecule has 0 aromatic heterocycles. The van der Waals surface area contributed by atoms with E-state index in [-0.39, 0.29) is 5.92 Å². The highest BCUT2D eigenvalue weighted by atomic mass is 16.5. The molecular formula is C16H25NO4. The number of aliphatic carboxylic acids is 1. The van der Waals surface area contributed by atoms with Crippen LogP contribution in [0.1, 0.15) is 26.7 Å². The third-order valence-electron chi connectivity index (χ3n) is 3.49. The Labute approximate surface area is 126 Å². The van der Waals surface area contributed by atoms with E-state index in [1.807, 2.05) is 38.1 Å². The molecule has 5 heteroatoms. The van der Waals surface area contributed by atoms with E-state index in [1.54, 1.807) is 7.11 Å². The van der Waals surface area contributed by atoms with Crippen LogP contribution in [0.3, 0.4) is 0 Å². The van der Waals surface area contributed by atoms with Crippen molar-refractivity contribution in [3.63, 3.8) is 0 Å². The van der Waals surface area contributed by atoms with Gasteiger partial charge in [0.1, 0.15) is 17.5 Å². The van der Waals surface area contributed by atoms with Crippen molar-refractivity contribution in [2.24, 2.45) is 5.92 Å². The normalized spacial score (nSPS) is 13.5. The number of rotatable bonds is 10. The number of carboxylic acids is 1. The summed E-state index contributed by atoms with van der Waals surface area (Å²) in [6, 6.07) is 6.90. The zero-order chi connectivity index (χ0) is 15.7. The molecule has 0 aliphatic carbocycles. The molecule has 0 unspecified atom stereocenters. The van der Waals surface area contributed by atoms with Crippen molar-refractivity contribution in [2.45, 2.75) is 32.7 Å². The maximum Gasteiger partial charge on any atom is 0.320 e. The summed E-state index contributed by atoms with van der Waals surface area (Å²) in [5, 5.41) is 12.2. The van der Waals surface area contributed by atoms with Gasteiger partial charge in [0, 0.05) is 0 Å². The Morgan fingerprint density at radius 1 is 1.29 bits per heavy atom. The molecule has 1 aromatic rings. The molecule has 0 fully saturated rings. The fourth-order valence-electron chi connectivity index (χ4n) is 1.96. The van der Waals surface area contributed by atoms with E-state index in [2.05, 4.69) is 5.32 Å². The minimum absolute atomic E-state index is 0.116. The molecule has 21 heavy (non-hydrogen) atoms. The number of carboxylic acid groups (broad SMARTS) is 1. The Balaban J connectivity index is 2.25. The number of ether oxygens (including phenoxy) is 2. The molecule has 2 N–H and O–H groups in total. The van der Waals surface area contributed by atoms with E-state index >= 15 is 0 Å². The highest BCUT2D eigenvalue weighted by molar-refractivity contribution is 5.73. The SMILES string of the molecule is CC[C@H](C)[C@H](NCCCOc1ccc(OC)cc1)C(=O)O. The van der Waals surface area contributed by atoms with Crippen molar-refractivity contribution in [3.05, 3.63) is 24.3 Å². The Morgan fingerprint density at radius 2 is 1.90 bits per heavy atom. The van der Waals surface area contributed by atoms with Crippen LogP contribution in [-0.2, 0) is 4.79 Å². The molecule has 1 rings (SSSR count). The summed E-state index contributed by atoms with van der Waals surface area (Å²) < 4.78 is 10.7. The molecule has 0 saturated heterocycles. The summed E-state index contributed by atoms with van der Waals surface area (Å²) in [6.07, 6.45) is 1.60. The summed E-state index contributed by atoms with van der Waals surface area (Å²) in [5.74, 6) is 0.903. The van der Waals surface area contributed by atoms with Crippen molar-refractivity contribution in [2.75, 3.05) is 20.3 Å². The van der Waals surface area contributed by atoms with E-state index in [4.69, 9.17) is 14.6 Å². The average molecular weight is 295 g/mol. The van der Waals surface area contributed by atoms with E-state index in [0.29, 0.717) is 13.2 Å². The Morgan fingerprint density at radius 3 is 2.43 bits per heavy atom. The van der Waals surface area contributed by atoms with Crippen LogP contribution in [-0.4, -0.2) is 37.4 Å². The van der Waals surface area contributed by atoms with Crippen molar-refractivity contribution in [3.8, 4) is 11.5 Å². The summed E-state index contributed by atoms with van der Waals surface area (Å²) >= 11 is 0. The van der Waals surface area contributed by atoms with E-state index in [1.165, 1.54) is 0 Å². The zero-order valence-corrected chi connectivity index (χ0v) is 13.0. The van der Waals surface area contributed by atoms with Gasteiger partial charge < -0.3 is 19.9 Å². The highest BCUT2D eigenvalue weighted by Gasteiger charge is 2.22. The molecule has 5 nitrogen and oxygen atoms in total. The second-order valence-corrected chi connectivity index (χ2v) is 5.03. The van der Waals surface area contributed by atoms with Gasteiger partial charge in [0.05, 0.1) is 13.7 Å². The van der Waals surface area contributed by atoms with Gasteiger partial charge in [-0.1, -0.05) is 20.3 Å². The third kappa shape index (κ3) is 6.04. The van der Waals surface area contributed by atoms with E-state index in [9.17, 15) is 4.79 Å².